The van der Waals surface area contributed by atoms with Gasteiger partial charge in [0, 0.05) is 10.8 Å². The first-order valence-electron chi connectivity index (χ1n) is 8.52. The summed E-state index contributed by atoms with van der Waals surface area (Å²) in [6.07, 6.45) is 0. The first kappa shape index (κ1) is 17.5. The average molecular weight is 475 g/mol. The van der Waals surface area contributed by atoms with Crippen molar-refractivity contribution in [2.75, 3.05) is 3.11 Å². The van der Waals surface area contributed by atoms with Crippen molar-refractivity contribution in [1.29, 1.82) is 0 Å². The molecule has 2 nitrogen and oxygen atoms in total. The topological polar surface area (TPSA) is 16.4 Å². The average Bonchev–Trinajstić information content (AvgIpc) is 3.01. The Kier molecular flexibility index (Phi) is 4.31. The van der Waals surface area contributed by atoms with Crippen LogP contribution in [0.4, 0.5) is 15.8 Å². The van der Waals surface area contributed by atoms with Crippen LogP contribution in [0.3, 0.4) is 0 Å². The van der Waals surface area contributed by atoms with Crippen molar-refractivity contribution in [3.8, 4) is 0 Å². The highest BCUT2D eigenvalue weighted by Crippen LogP contribution is 2.40. The predicted octanol–water partition coefficient (Wildman–Crippen LogP) is 6.76. The van der Waals surface area contributed by atoms with Crippen molar-refractivity contribution < 1.29 is 8.81 Å². The number of hydrogen-bond donors (Lipinski definition) is 0. The van der Waals surface area contributed by atoms with Gasteiger partial charge in [-0.3, -0.25) is 3.11 Å². The van der Waals surface area contributed by atoms with E-state index in [2.05, 4.69) is 69.9 Å². The van der Waals surface area contributed by atoms with Gasteiger partial charge in [-0.25, -0.2) is 4.39 Å². The second-order valence-electron chi connectivity index (χ2n) is 7.45. The lowest BCUT2D eigenvalue weighted by atomic mass is 10.1. The maximum Gasteiger partial charge on any atom is 0.171 e. The minimum absolute atomic E-state index is 0.314. The van der Waals surface area contributed by atoms with E-state index in [1.807, 2.05) is 24.3 Å². The number of para-hydroxylation sites is 2. The van der Waals surface area contributed by atoms with Gasteiger partial charge in [0.25, 0.3) is 0 Å². The SMILES string of the molecule is C[Si](C)(C)c1ccc(N(I)c2cccc3c2oc2c(F)cccc23)cc1. The van der Waals surface area contributed by atoms with E-state index in [1.165, 1.54) is 11.3 Å². The van der Waals surface area contributed by atoms with Crippen LogP contribution in [0.2, 0.25) is 19.6 Å². The molecule has 1 heterocycles. The molecule has 0 saturated carbocycles. The minimum atomic E-state index is -1.32. The fourth-order valence-electron chi connectivity index (χ4n) is 3.16. The third-order valence-corrected chi connectivity index (χ3v) is 7.77. The summed E-state index contributed by atoms with van der Waals surface area (Å²) in [6, 6.07) is 19.7. The van der Waals surface area contributed by atoms with Gasteiger partial charge in [0.15, 0.2) is 17.0 Å². The van der Waals surface area contributed by atoms with Gasteiger partial charge < -0.3 is 4.42 Å². The summed E-state index contributed by atoms with van der Waals surface area (Å²) in [5, 5.41) is 3.16. The largest absolute Gasteiger partial charge is 0.451 e. The van der Waals surface area contributed by atoms with E-state index in [1.54, 1.807) is 6.07 Å². The molecule has 0 saturated heterocycles. The molecule has 0 fully saturated rings. The van der Waals surface area contributed by atoms with Crippen LogP contribution in [0.5, 0.6) is 0 Å². The van der Waals surface area contributed by atoms with Gasteiger partial charge >= 0.3 is 0 Å². The van der Waals surface area contributed by atoms with Gasteiger partial charge in [-0.15, -0.1) is 0 Å². The Labute approximate surface area is 167 Å². The fourth-order valence-corrected chi connectivity index (χ4v) is 5.03. The van der Waals surface area contributed by atoms with Crippen LogP contribution < -0.4 is 8.30 Å². The van der Waals surface area contributed by atoms with E-state index in [0.717, 1.165) is 22.1 Å². The molecule has 0 unspecified atom stereocenters. The summed E-state index contributed by atoms with van der Waals surface area (Å²) in [5.74, 6) is -0.329. The summed E-state index contributed by atoms with van der Waals surface area (Å²) in [6.45, 7) is 7.02. The summed E-state index contributed by atoms with van der Waals surface area (Å²) >= 11 is 2.28. The number of furan rings is 1. The van der Waals surface area contributed by atoms with Crippen LogP contribution in [0.25, 0.3) is 21.9 Å². The Balaban J connectivity index is 1.83. The Morgan fingerprint density at radius 2 is 1.46 bits per heavy atom. The monoisotopic (exact) mass is 475 g/mol. The van der Waals surface area contributed by atoms with E-state index in [-0.39, 0.29) is 5.82 Å². The lowest BCUT2D eigenvalue weighted by molar-refractivity contribution is 0.584. The number of benzene rings is 3. The maximum atomic E-state index is 14.1. The zero-order chi connectivity index (χ0) is 18.5. The Bertz CT molecular complexity index is 1100. The maximum absolute atomic E-state index is 14.1. The van der Waals surface area contributed by atoms with E-state index in [0.29, 0.717) is 11.2 Å². The van der Waals surface area contributed by atoms with E-state index < -0.39 is 8.07 Å². The quantitative estimate of drug-likeness (QED) is 0.185. The van der Waals surface area contributed by atoms with E-state index in [9.17, 15) is 4.39 Å². The molecule has 0 aliphatic rings. The molecule has 0 radical (unpaired) electrons. The van der Waals surface area contributed by atoms with Crippen molar-refractivity contribution in [1.82, 2.24) is 0 Å². The van der Waals surface area contributed by atoms with Crippen molar-refractivity contribution in [2.45, 2.75) is 19.6 Å². The van der Waals surface area contributed by atoms with Crippen LogP contribution in [0, 0.1) is 5.82 Å². The molecular weight excluding hydrogens is 456 g/mol. The molecule has 4 aromatic rings. The summed E-state index contributed by atoms with van der Waals surface area (Å²) in [5.41, 5.74) is 3.01. The predicted molar refractivity (Wildman–Crippen MR) is 119 cm³/mol. The molecular formula is C21H19FINOSi. The molecule has 3 aromatic carbocycles. The van der Waals surface area contributed by atoms with Gasteiger partial charge in [-0.05, 0) is 24.3 Å². The van der Waals surface area contributed by atoms with Gasteiger partial charge in [0.05, 0.1) is 42.3 Å². The second kappa shape index (κ2) is 6.39. The van der Waals surface area contributed by atoms with Crippen LogP contribution in [0.15, 0.2) is 65.1 Å². The van der Waals surface area contributed by atoms with Gasteiger partial charge in [-0.1, -0.05) is 61.2 Å². The second-order valence-corrected chi connectivity index (χ2v) is 13.5. The lowest BCUT2D eigenvalue weighted by Gasteiger charge is -2.20. The lowest BCUT2D eigenvalue weighted by Crippen LogP contribution is -2.37. The highest BCUT2D eigenvalue weighted by molar-refractivity contribution is 14.1. The Morgan fingerprint density at radius 3 is 2.12 bits per heavy atom. The molecule has 0 spiro atoms. The molecule has 0 bridgehead atoms. The molecule has 0 aliphatic heterocycles. The number of rotatable bonds is 3. The molecule has 0 N–H and O–H groups in total. The van der Waals surface area contributed by atoms with Crippen molar-refractivity contribution in [3.05, 3.63) is 66.5 Å². The molecule has 0 atom stereocenters. The highest BCUT2D eigenvalue weighted by atomic mass is 127. The van der Waals surface area contributed by atoms with E-state index in [4.69, 9.17) is 4.42 Å². The number of halogens is 2. The molecule has 5 heteroatoms. The van der Waals surface area contributed by atoms with Crippen molar-refractivity contribution in [3.63, 3.8) is 0 Å². The molecule has 26 heavy (non-hydrogen) atoms. The third-order valence-electron chi connectivity index (χ3n) is 4.63. The number of nitrogens with zero attached hydrogens (tertiary/aromatic N) is 1. The Morgan fingerprint density at radius 1 is 0.846 bits per heavy atom. The van der Waals surface area contributed by atoms with Crippen LogP contribution in [-0.4, -0.2) is 8.07 Å². The van der Waals surface area contributed by atoms with E-state index >= 15 is 0 Å². The van der Waals surface area contributed by atoms with Crippen LogP contribution >= 0.6 is 22.9 Å². The summed E-state index contributed by atoms with van der Waals surface area (Å²) < 4.78 is 22.1. The van der Waals surface area contributed by atoms with Gasteiger partial charge in [0.1, 0.15) is 0 Å². The smallest absolute Gasteiger partial charge is 0.171 e. The third kappa shape index (κ3) is 2.93. The molecule has 1 aromatic heterocycles. The van der Waals surface area contributed by atoms with Crippen LogP contribution in [0.1, 0.15) is 0 Å². The highest BCUT2D eigenvalue weighted by Gasteiger charge is 2.19. The van der Waals surface area contributed by atoms with Crippen molar-refractivity contribution in [2.24, 2.45) is 0 Å². The van der Waals surface area contributed by atoms with Crippen LogP contribution in [-0.2, 0) is 0 Å². The fraction of sp³-hybridized carbons (Fsp3) is 0.143. The minimum Gasteiger partial charge on any atom is -0.451 e. The first-order chi connectivity index (χ1) is 12.4. The molecule has 0 aliphatic carbocycles. The zero-order valence-corrected chi connectivity index (χ0v) is 18.0. The molecule has 0 amide bonds. The Hall–Kier alpha value is -1.86. The summed E-state index contributed by atoms with van der Waals surface area (Å²) in [4.78, 5) is 0. The molecule has 4 rings (SSSR count). The number of anilines is 2. The van der Waals surface area contributed by atoms with Gasteiger partial charge in [0.2, 0.25) is 0 Å². The normalized spacial score (nSPS) is 12.0. The number of fused-ring (bicyclic) bond motifs is 3. The number of hydrogen-bond acceptors (Lipinski definition) is 2. The zero-order valence-electron chi connectivity index (χ0n) is 14.9. The van der Waals surface area contributed by atoms with Crippen molar-refractivity contribution >= 4 is 69.4 Å². The van der Waals surface area contributed by atoms with Gasteiger partial charge in [-0.2, -0.15) is 0 Å². The molecule has 132 valence electrons. The first-order valence-corrected chi connectivity index (χ1v) is 13.0. The standard InChI is InChI=1S/C21H19FINOSi/c1-26(2,3)15-12-10-14(11-13-15)24(23)19-9-5-7-17-16-6-4-8-18(22)20(16)25-21(17)19/h4-13H,1-3H3. The summed E-state index contributed by atoms with van der Waals surface area (Å²) in [7, 11) is -1.32.